The molecule has 0 bridgehead atoms. The number of nitrogens with one attached hydrogen (secondary N) is 1. The summed E-state index contributed by atoms with van der Waals surface area (Å²) in [6, 6.07) is 23.6. The third-order valence-electron chi connectivity index (χ3n) is 8.11. The third kappa shape index (κ3) is 4.34. The highest BCUT2D eigenvalue weighted by Gasteiger charge is 2.58. The molecule has 1 saturated heterocycles. The van der Waals surface area contributed by atoms with Gasteiger partial charge in [0, 0.05) is 50.1 Å². The first kappa shape index (κ1) is 24.8. The van der Waals surface area contributed by atoms with E-state index in [1.807, 2.05) is 48.5 Å². The first-order valence-electron chi connectivity index (χ1n) is 13.2. The van der Waals surface area contributed by atoms with Gasteiger partial charge in [0.1, 0.15) is 17.7 Å². The fourth-order valence-electron chi connectivity index (χ4n) is 6.19. The second-order valence-corrected chi connectivity index (χ2v) is 10.3. The standard InChI is InChI=1S/C31H28FN5O2/c32-24-11-9-22(10-12-24)29-28-25(18-23(19-26(28)38)21-6-2-1-3-7-21)35-31(29,20-33)30(39)37-16-14-36(15-17-37)27-8-4-5-13-34-27/h1-13,23,29,35H,14-19H2. The van der Waals surface area contributed by atoms with Crippen LogP contribution in [0.5, 0.6) is 0 Å². The number of amides is 1. The van der Waals surface area contributed by atoms with Gasteiger partial charge in [0.05, 0.1) is 5.92 Å². The number of carbonyl (C=O) groups excluding carboxylic acids is 2. The maximum Gasteiger partial charge on any atom is 0.264 e. The zero-order valence-corrected chi connectivity index (χ0v) is 21.4. The molecule has 39 heavy (non-hydrogen) atoms. The fraction of sp³-hybridized carbons (Fsp3) is 0.290. The molecule has 2 aromatic carbocycles. The van der Waals surface area contributed by atoms with E-state index >= 15 is 0 Å². The Kier molecular flexibility index (Phi) is 6.35. The van der Waals surface area contributed by atoms with Crippen LogP contribution in [0.3, 0.4) is 0 Å². The molecule has 1 fully saturated rings. The van der Waals surface area contributed by atoms with Crippen molar-refractivity contribution < 1.29 is 14.0 Å². The van der Waals surface area contributed by atoms with E-state index in [-0.39, 0.29) is 17.6 Å². The number of rotatable bonds is 4. The summed E-state index contributed by atoms with van der Waals surface area (Å²) in [6.45, 7) is 1.99. The van der Waals surface area contributed by atoms with Crippen molar-refractivity contribution >= 4 is 17.5 Å². The number of nitrogens with zero attached hydrogens (tertiary/aromatic N) is 4. The first-order chi connectivity index (χ1) is 19.0. The Balaban J connectivity index is 1.33. The summed E-state index contributed by atoms with van der Waals surface area (Å²) in [4.78, 5) is 36.2. The average Bonchev–Trinajstić information content (AvgIpc) is 3.34. The predicted octanol–water partition coefficient (Wildman–Crippen LogP) is 3.92. The Hall–Kier alpha value is -4.51. The van der Waals surface area contributed by atoms with Crippen LogP contribution in [0, 0.1) is 17.1 Å². The third-order valence-corrected chi connectivity index (χ3v) is 8.11. The molecular formula is C31H28FN5O2. The smallest absolute Gasteiger partial charge is 0.264 e. The summed E-state index contributed by atoms with van der Waals surface area (Å²) in [6.07, 6.45) is 2.55. The maximum absolute atomic E-state index is 14.2. The molecule has 1 amide bonds. The number of pyridine rings is 1. The molecule has 3 atom stereocenters. The molecule has 0 radical (unpaired) electrons. The molecule has 1 N–H and O–H groups in total. The first-order valence-corrected chi connectivity index (χ1v) is 13.2. The van der Waals surface area contributed by atoms with Crippen molar-refractivity contribution in [1.29, 1.82) is 5.26 Å². The number of Topliss-reactive ketones (excluding diaryl/α,β-unsaturated/α-hetero) is 1. The number of anilines is 1. The zero-order valence-electron chi connectivity index (χ0n) is 21.4. The lowest BCUT2D eigenvalue weighted by atomic mass is 9.72. The Bertz CT molecular complexity index is 1460. The number of benzene rings is 2. The summed E-state index contributed by atoms with van der Waals surface area (Å²) < 4.78 is 13.9. The van der Waals surface area contributed by atoms with Crippen LogP contribution < -0.4 is 10.2 Å². The van der Waals surface area contributed by atoms with Gasteiger partial charge in [-0.05, 0) is 47.7 Å². The minimum Gasteiger partial charge on any atom is -0.362 e. The highest BCUT2D eigenvalue weighted by Crippen LogP contribution is 2.49. The van der Waals surface area contributed by atoms with Gasteiger partial charge in [0.15, 0.2) is 5.78 Å². The number of ketones is 1. The number of aromatic nitrogens is 1. The van der Waals surface area contributed by atoms with Crippen LogP contribution in [0.2, 0.25) is 0 Å². The van der Waals surface area contributed by atoms with Crippen LogP contribution in [0.1, 0.15) is 35.8 Å². The van der Waals surface area contributed by atoms with Crippen molar-refractivity contribution in [2.75, 3.05) is 31.1 Å². The summed E-state index contributed by atoms with van der Waals surface area (Å²) in [5.74, 6) is -0.903. The number of piperazine rings is 1. The van der Waals surface area contributed by atoms with Gasteiger partial charge in [-0.1, -0.05) is 48.5 Å². The molecule has 7 nitrogen and oxygen atoms in total. The van der Waals surface area contributed by atoms with Crippen molar-refractivity contribution in [1.82, 2.24) is 15.2 Å². The molecule has 2 aliphatic heterocycles. The summed E-state index contributed by atoms with van der Waals surface area (Å²) in [7, 11) is 0. The second-order valence-electron chi connectivity index (χ2n) is 10.3. The molecule has 0 spiro atoms. The van der Waals surface area contributed by atoms with E-state index in [4.69, 9.17) is 0 Å². The van der Waals surface area contributed by atoms with Gasteiger partial charge in [-0.2, -0.15) is 5.26 Å². The molecule has 0 saturated carbocycles. The van der Waals surface area contributed by atoms with Crippen LogP contribution >= 0.6 is 0 Å². The molecule has 3 unspecified atom stereocenters. The van der Waals surface area contributed by atoms with Gasteiger partial charge in [0.2, 0.25) is 5.54 Å². The summed E-state index contributed by atoms with van der Waals surface area (Å²) in [5.41, 5.74) is 1.02. The molecule has 6 rings (SSSR count). The SMILES string of the molecule is N#CC1(C(=O)N2CCN(c3ccccn3)CC2)NC2=C(C(=O)CC(c3ccccc3)C2)C1c1ccc(F)cc1. The quantitative estimate of drug-likeness (QED) is 0.560. The van der Waals surface area contributed by atoms with Crippen molar-refractivity contribution in [2.24, 2.45) is 0 Å². The van der Waals surface area contributed by atoms with Gasteiger partial charge >= 0.3 is 0 Å². The minimum absolute atomic E-state index is 0.0506. The Morgan fingerprint density at radius 1 is 0.949 bits per heavy atom. The molecular weight excluding hydrogens is 493 g/mol. The van der Waals surface area contributed by atoms with E-state index in [1.54, 1.807) is 23.2 Å². The molecule has 3 aromatic rings. The Morgan fingerprint density at radius 3 is 2.33 bits per heavy atom. The number of carbonyl (C=O) groups is 2. The van der Waals surface area contributed by atoms with Gasteiger partial charge in [-0.3, -0.25) is 9.59 Å². The lowest BCUT2D eigenvalue weighted by Crippen LogP contribution is -2.61. The van der Waals surface area contributed by atoms with Gasteiger partial charge in [-0.25, -0.2) is 9.37 Å². The lowest BCUT2D eigenvalue weighted by Gasteiger charge is -2.40. The Morgan fingerprint density at radius 2 is 1.67 bits per heavy atom. The molecule has 196 valence electrons. The van der Waals surface area contributed by atoms with Crippen LogP contribution in [-0.2, 0) is 9.59 Å². The van der Waals surface area contributed by atoms with Crippen LogP contribution in [-0.4, -0.2) is 53.3 Å². The van der Waals surface area contributed by atoms with E-state index in [1.165, 1.54) is 12.1 Å². The number of nitriles is 1. The molecule has 3 heterocycles. The number of halogens is 1. The van der Waals surface area contributed by atoms with Gasteiger partial charge in [0.25, 0.3) is 5.91 Å². The topological polar surface area (TPSA) is 89.3 Å². The van der Waals surface area contributed by atoms with E-state index in [0.717, 1.165) is 11.4 Å². The van der Waals surface area contributed by atoms with Crippen LogP contribution in [0.15, 0.2) is 90.3 Å². The van der Waals surface area contributed by atoms with Gasteiger partial charge < -0.3 is 15.1 Å². The normalized spacial score (nSPS) is 24.7. The van der Waals surface area contributed by atoms with Crippen LogP contribution in [0.25, 0.3) is 0 Å². The highest BCUT2D eigenvalue weighted by molar-refractivity contribution is 6.04. The van der Waals surface area contributed by atoms with E-state index in [9.17, 15) is 19.2 Å². The van der Waals surface area contributed by atoms with Gasteiger partial charge in [-0.15, -0.1) is 0 Å². The molecule has 8 heteroatoms. The molecule has 1 aromatic heterocycles. The van der Waals surface area contributed by atoms with Crippen LogP contribution in [0.4, 0.5) is 10.2 Å². The monoisotopic (exact) mass is 521 g/mol. The Labute approximate surface area is 226 Å². The molecule has 3 aliphatic rings. The largest absolute Gasteiger partial charge is 0.362 e. The van der Waals surface area contributed by atoms with E-state index in [2.05, 4.69) is 21.3 Å². The van der Waals surface area contributed by atoms with E-state index in [0.29, 0.717) is 55.9 Å². The molecule has 1 aliphatic carbocycles. The van der Waals surface area contributed by atoms with Crippen molar-refractivity contribution in [3.8, 4) is 6.07 Å². The number of hydrogen-bond donors (Lipinski definition) is 1. The second kappa shape index (κ2) is 9.99. The van der Waals surface area contributed by atoms with Crippen molar-refractivity contribution in [3.05, 3.63) is 107 Å². The van der Waals surface area contributed by atoms with E-state index < -0.39 is 17.3 Å². The minimum atomic E-state index is -1.70. The summed E-state index contributed by atoms with van der Waals surface area (Å²) in [5, 5.41) is 13.9. The van der Waals surface area contributed by atoms with Crippen molar-refractivity contribution in [3.63, 3.8) is 0 Å². The predicted molar refractivity (Wildman–Crippen MR) is 144 cm³/mol. The fourth-order valence-corrected chi connectivity index (χ4v) is 6.19. The lowest BCUT2D eigenvalue weighted by molar-refractivity contribution is -0.136. The number of allylic oxidation sites excluding steroid dienone is 1. The zero-order chi connectivity index (χ0) is 27.0. The maximum atomic E-state index is 14.2. The summed E-state index contributed by atoms with van der Waals surface area (Å²) >= 11 is 0. The number of hydrogen-bond acceptors (Lipinski definition) is 6. The average molecular weight is 522 g/mol. The van der Waals surface area contributed by atoms with Crippen molar-refractivity contribution in [2.45, 2.75) is 30.2 Å². The highest BCUT2D eigenvalue weighted by atomic mass is 19.1.